The van der Waals surface area contributed by atoms with E-state index in [1.54, 1.807) is 6.08 Å². The molecule has 0 spiro atoms. The van der Waals surface area contributed by atoms with E-state index in [1.807, 2.05) is 6.08 Å². The van der Waals surface area contributed by atoms with Gasteiger partial charge in [-0.1, -0.05) is 235 Å². The molecule has 0 aromatic rings. The van der Waals surface area contributed by atoms with Gasteiger partial charge in [-0.05, 0) is 57.8 Å². The number of aliphatic hydroxyl groups excluding tert-OH is 8. The Morgan fingerprint density at radius 3 is 1.38 bits per heavy atom. The predicted molar refractivity (Wildman–Crippen MR) is 309 cm³/mol. The van der Waals surface area contributed by atoms with Gasteiger partial charge in [0.1, 0.15) is 48.8 Å². The van der Waals surface area contributed by atoms with E-state index in [0.717, 1.165) is 83.5 Å². The van der Waals surface area contributed by atoms with Crippen LogP contribution in [0.25, 0.3) is 0 Å². The second-order valence-electron chi connectivity index (χ2n) is 21.8. The molecule has 12 unspecified atom stereocenters. The molecule has 2 fully saturated rings. The smallest absolute Gasteiger partial charge is 0.220 e. The molecular formula is C63H113NO13. The van der Waals surface area contributed by atoms with Gasteiger partial charge in [-0.25, -0.2) is 0 Å². The fraction of sp³-hybridized carbons (Fsp3) is 0.825. The molecule has 0 radical (unpaired) electrons. The van der Waals surface area contributed by atoms with E-state index in [9.17, 15) is 45.6 Å². The molecule has 2 aliphatic heterocycles. The molecule has 0 aromatic carbocycles. The fourth-order valence-electron chi connectivity index (χ4n) is 9.99. The SMILES string of the molecule is CC/C=C\C/C=C\C/C=C\C/C=C\CCCCCCCCC(=O)NC(COC1OC(CO)C(OC2OC(CO)C(O)C(O)C2O)C(O)C1O)C(O)/C=C/CCCCCCCCCCCCCCCCCCCCCCCC. The molecule has 0 bridgehead atoms. The van der Waals surface area contributed by atoms with E-state index in [1.165, 1.54) is 128 Å². The first-order valence-electron chi connectivity index (χ1n) is 31.0. The zero-order valence-corrected chi connectivity index (χ0v) is 48.2. The average molecular weight is 1090 g/mol. The lowest BCUT2D eigenvalue weighted by Gasteiger charge is -2.46. The second-order valence-corrected chi connectivity index (χ2v) is 21.8. The Labute approximate surface area is 466 Å². The third-order valence-electron chi connectivity index (χ3n) is 15.0. The van der Waals surface area contributed by atoms with Crippen molar-refractivity contribution in [1.82, 2.24) is 5.32 Å². The van der Waals surface area contributed by atoms with E-state index >= 15 is 0 Å². The minimum Gasteiger partial charge on any atom is -0.394 e. The Morgan fingerprint density at radius 2 is 0.896 bits per heavy atom. The number of carbonyl (C=O) groups is 1. The Balaban J connectivity index is 1.76. The molecular weight excluding hydrogens is 979 g/mol. The molecule has 14 nitrogen and oxygen atoms in total. The molecule has 2 rings (SSSR count). The van der Waals surface area contributed by atoms with Gasteiger partial charge >= 0.3 is 0 Å². The van der Waals surface area contributed by atoms with Gasteiger partial charge in [-0.15, -0.1) is 0 Å². The van der Waals surface area contributed by atoms with Gasteiger partial charge in [0.2, 0.25) is 5.91 Å². The molecule has 12 atom stereocenters. The lowest BCUT2D eigenvalue weighted by molar-refractivity contribution is -0.359. The fourth-order valence-corrected chi connectivity index (χ4v) is 9.99. The van der Waals surface area contributed by atoms with Crippen LogP contribution < -0.4 is 5.32 Å². The van der Waals surface area contributed by atoms with Crippen molar-refractivity contribution in [1.29, 1.82) is 0 Å². The minimum absolute atomic E-state index is 0.253. The summed E-state index contributed by atoms with van der Waals surface area (Å²) in [5, 5.41) is 87.2. The molecule has 77 heavy (non-hydrogen) atoms. The maximum absolute atomic E-state index is 13.3. The second kappa shape index (κ2) is 48.4. The lowest BCUT2D eigenvalue weighted by atomic mass is 9.97. The molecule has 2 saturated heterocycles. The van der Waals surface area contributed by atoms with Gasteiger partial charge < -0.3 is 65.1 Å². The van der Waals surface area contributed by atoms with Gasteiger partial charge in [0.15, 0.2) is 12.6 Å². The summed E-state index contributed by atoms with van der Waals surface area (Å²) in [5.41, 5.74) is 0. The van der Waals surface area contributed by atoms with E-state index in [-0.39, 0.29) is 18.9 Å². The Morgan fingerprint density at radius 1 is 0.481 bits per heavy atom. The summed E-state index contributed by atoms with van der Waals surface area (Å²) in [7, 11) is 0. The van der Waals surface area contributed by atoms with Crippen LogP contribution in [0.1, 0.15) is 239 Å². The van der Waals surface area contributed by atoms with Gasteiger partial charge in [-0.3, -0.25) is 4.79 Å². The van der Waals surface area contributed by atoms with Crippen molar-refractivity contribution in [2.24, 2.45) is 0 Å². The number of aliphatic hydroxyl groups is 8. The molecule has 0 aromatic heterocycles. The predicted octanol–water partition coefficient (Wildman–Crippen LogP) is 10.9. The molecule has 14 heteroatoms. The Kier molecular flexibility index (Phi) is 44.5. The topological polar surface area (TPSA) is 228 Å². The number of nitrogens with one attached hydrogen (secondary N) is 1. The van der Waals surface area contributed by atoms with Crippen molar-refractivity contribution < 1.29 is 64.6 Å². The quantitative estimate of drug-likeness (QED) is 0.0204. The van der Waals surface area contributed by atoms with E-state index in [0.29, 0.717) is 6.42 Å². The Hall–Kier alpha value is -2.31. The number of unbranched alkanes of at least 4 members (excludes halogenated alkanes) is 28. The first-order valence-corrected chi connectivity index (χ1v) is 31.0. The molecule has 1 amide bonds. The van der Waals surface area contributed by atoms with Gasteiger partial charge in [0.25, 0.3) is 0 Å². The third-order valence-corrected chi connectivity index (χ3v) is 15.0. The van der Waals surface area contributed by atoms with Crippen LogP contribution >= 0.6 is 0 Å². The molecule has 2 heterocycles. The largest absolute Gasteiger partial charge is 0.394 e. The van der Waals surface area contributed by atoms with Gasteiger partial charge in [-0.2, -0.15) is 0 Å². The van der Waals surface area contributed by atoms with Crippen molar-refractivity contribution in [3.8, 4) is 0 Å². The van der Waals surface area contributed by atoms with Crippen molar-refractivity contribution >= 4 is 5.91 Å². The van der Waals surface area contributed by atoms with Gasteiger partial charge in [0, 0.05) is 6.42 Å². The number of ether oxygens (including phenoxy) is 4. The van der Waals surface area contributed by atoms with Crippen LogP contribution in [0.3, 0.4) is 0 Å². The van der Waals surface area contributed by atoms with E-state index in [4.69, 9.17) is 18.9 Å². The number of rotatable bonds is 49. The van der Waals surface area contributed by atoms with Crippen molar-refractivity contribution in [2.45, 2.75) is 312 Å². The monoisotopic (exact) mass is 1090 g/mol. The highest BCUT2D eigenvalue weighted by molar-refractivity contribution is 5.76. The number of amides is 1. The molecule has 2 aliphatic rings. The van der Waals surface area contributed by atoms with Crippen LogP contribution in [0.15, 0.2) is 60.8 Å². The summed E-state index contributed by atoms with van der Waals surface area (Å²) in [4.78, 5) is 13.3. The molecule has 9 N–H and O–H groups in total. The van der Waals surface area contributed by atoms with Crippen LogP contribution in [0.5, 0.6) is 0 Å². The zero-order chi connectivity index (χ0) is 56.0. The van der Waals surface area contributed by atoms with Crippen LogP contribution in [-0.4, -0.2) is 140 Å². The number of allylic oxidation sites excluding steroid dienone is 9. The first-order chi connectivity index (χ1) is 37.6. The lowest BCUT2D eigenvalue weighted by Crippen LogP contribution is -2.65. The molecule has 0 aliphatic carbocycles. The highest BCUT2D eigenvalue weighted by Crippen LogP contribution is 2.30. The number of hydrogen-bond acceptors (Lipinski definition) is 13. The van der Waals surface area contributed by atoms with Crippen LogP contribution in [0.2, 0.25) is 0 Å². The molecule has 448 valence electrons. The van der Waals surface area contributed by atoms with Crippen LogP contribution in [-0.2, 0) is 23.7 Å². The average Bonchev–Trinajstić information content (AvgIpc) is 3.44. The zero-order valence-electron chi connectivity index (χ0n) is 48.2. The summed E-state index contributed by atoms with van der Waals surface area (Å²) >= 11 is 0. The summed E-state index contributed by atoms with van der Waals surface area (Å²) in [6.07, 6.45) is 45.4. The van der Waals surface area contributed by atoms with Crippen LogP contribution in [0, 0.1) is 0 Å². The van der Waals surface area contributed by atoms with E-state index in [2.05, 4.69) is 67.8 Å². The number of carbonyl (C=O) groups excluding carboxylic acids is 1. The molecule has 0 saturated carbocycles. The van der Waals surface area contributed by atoms with Crippen molar-refractivity contribution in [3.63, 3.8) is 0 Å². The first kappa shape index (κ1) is 70.8. The normalized spacial score (nSPS) is 25.1. The summed E-state index contributed by atoms with van der Waals surface area (Å²) in [5.74, 6) is -0.253. The van der Waals surface area contributed by atoms with E-state index < -0.39 is 86.8 Å². The summed E-state index contributed by atoms with van der Waals surface area (Å²) in [6.45, 7) is 2.69. The third kappa shape index (κ3) is 33.9. The maximum Gasteiger partial charge on any atom is 0.220 e. The standard InChI is InChI=1S/C63H113NO13/c1-3-5-7-9-11-13-15-17-19-21-23-24-25-26-27-29-30-32-34-36-38-40-42-44-46-52(67)51(64-55(68)47-45-43-41-39-37-35-33-31-28-22-20-18-16-14-12-10-8-6-4-2)50-74-62-60(73)58(71)61(54(49-66)76-62)77-63-59(72)57(70)56(69)53(48-65)75-63/h6,8,12,14,18,20,28,31,44,46,51-54,56-63,65-67,69-73H,3-5,7,9-11,13,15-17,19,21-27,29-30,32-43,45,47-50H2,1-2H3,(H,64,68)/b8-6-,14-12-,20-18-,31-28-,46-44+. The van der Waals surface area contributed by atoms with Crippen LogP contribution in [0.4, 0.5) is 0 Å². The highest BCUT2D eigenvalue weighted by atomic mass is 16.7. The van der Waals surface area contributed by atoms with Crippen molar-refractivity contribution in [2.75, 3.05) is 19.8 Å². The highest BCUT2D eigenvalue weighted by Gasteiger charge is 2.51. The Bertz CT molecular complexity index is 1520. The van der Waals surface area contributed by atoms with Gasteiger partial charge in [0.05, 0.1) is 32.0 Å². The maximum atomic E-state index is 13.3. The minimum atomic E-state index is -1.79. The summed E-state index contributed by atoms with van der Waals surface area (Å²) in [6, 6.07) is -0.926. The van der Waals surface area contributed by atoms with Crippen molar-refractivity contribution in [3.05, 3.63) is 60.8 Å². The number of hydrogen-bond donors (Lipinski definition) is 9. The summed E-state index contributed by atoms with van der Waals surface area (Å²) < 4.78 is 22.8.